The number of rotatable bonds is 0. The lowest BCUT2D eigenvalue weighted by Crippen LogP contribution is -2.10. The molecule has 2 N–H and O–H groups in total. The Bertz CT molecular complexity index is 978. The predicted molar refractivity (Wildman–Crippen MR) is 112 cm³/mol. The molecule has 5 rings (SSSR count). The van der Waals surface area contributed by atoms with E-state index in [2.05, 4.69) is 0 Å². The molecule has 0 saturated heterocycles. The van der Waals surface area contributed by atoms with Crippen LogP contribution in [0.15, 0.2) is 97.1 Å². The maximum Gasteiger partial charge on any atom is 0.105 e. The first kappa shape index (κ1) is 16.9. The quantitative estimate of drug-likeness (QED) is 0.433. The first-order valence-electron chi connectivity index (χ1n) is 9.48. The van der Waals surface area contributed by atoms with E-state index in [4.69, 9.17) is 0 Å². The molecule has 4 aromatic carbocycles. The van der Waals surface area contributed by atoms with E-state index in [1.807, 2.05) is 97.1 Å². The summed E-state index contributed by atoms with van der Waals surface area (Å²) in [6.45, 7) is 0. The predicted octanol–water partition coefficient (Wildman–Crippen LogP) is 5.50. The van der Waals surface area contributed by atoms with Crippen LogP contribution >= 0.6 is 0 Å². The molecule has 2 nitrogen and oxygen atoms in total. The van der Waals surface area contributed by atoms with Crippen LogP contribution < -0.4 is 0 Å². The van der Waals surface area contributed by atoms with Gasteiger partial charge in [0, 0.05) is 0 Å². The van der Waals surface area contributed by atoms with Crippen molar-refractivity contribution in [1.29, 1.82) is 0 Å². The van der Waals surface area contributed by atoms with Crippen molar-refractivity contribution in [3.05, 3.63) is 119 Å². The lowest BCUT2D eigenvalue weighted by Gasteiger charge is -2.26. The number of hydrogen-bond acceptors (Lipinski definition) is 2. The van der Waals surface area contributed by atoms with E-state index in [-0.39, 0.29) is 0 Å². The largest absolute Gasteiger partial charge is 0.384 e. The van der Waals surface area contributed by atoms with Crippen molar-refractivity contribution < 1.29 is 10.2 Å². The van der Waals surface area contributed by atoms with Crippen molar-refractivity contribution in [1.82, 2.24) is 0 Å². The second-order valence-electron chi connectivity index (χ2n) is 7.15. The van der Waals surface area contributed by atoms with Gasteiger partial charge in [0.25, 0.3) is 0 Å². The molecule has 0 spiro atoms. The van der Waals surface area contributed by atoms with E-state index in [0.717, 1.165) is 44.5 Å². The maximum absolute atomic E-state index is 11.4. The second kappa shape index (κ2) is 6.75. The molecule has 1 aliphatic carbocycles. The standard InChI is InChI=1S/C26H20O2/c27-25-21-13-5-1-9-17(21)18-10-2-6-14-22(18)26(28)24-16-8-4-12-20(24)19-11-3-7-15-23(19)25/h1-16,25-28H. The summed E-state index contributed by atoms with van der Waals surface area (Å²) in [5.41, 5.74) is 7.14. The molecule has 0 saturated carbocycles. The van der Waals surface area contributed by atoms with Gasteiger partial charge < -0.3 is 10.2 Å². The number of fused-ring (bicyclic) bond motifs is 6. The van der Waals surface area contributed by atoms with Crippen LogP contribution in [-0.4, -0.2) is 10.2 Å². The van der Waals surface area contributed by atoms with Gasteiger partial charge in [0.2, 0.25) is 0 Å². The Balaban J connectivity index is 1.92. The summed E-state index contributed by atoms with van der Waals surface area (Å²) in [6, 6.07) is 31.6. The van der Waals surface area contributed by atoms with Gasteiger partial charge in [-0.1, -0.05) is 97.1 Å². The molecule has 0 aromatic heterocycles. The van der Waals surface area contributed by atoms with Gasteiger partial charge in [-0.15, -0.1) is 0 Å². The minimum absolute atomic E-state index is 0.760. The molecule has 28 heavy (non-hydrogen) atoms. The number of aliphatic hydroxyl groups is 2. The van der Waals surface area contributed by atoms with Gasteiger partial charge in [0.15, 0.2) is 0 Å². The average Bonchev–Trinajstić information content (AvgIpc) is 2.78. The van der Waals surface area contributed by atoms with Crippen LogP contribution in [0.4, 0.5) is 0 Å². The Morgan fingerprint density at radius 3 is 0.821 bits per heavy atom. The zero-order chi connectivity index (χ0) is 19.1. The Hall–Kier alpha value is -3.20. The highest BCUT2D eigenvalue weighted by Gasteiger charge is 2.26. The molecule has 4 aromatic rings. The van der Waals surface area contributed by atoms with E-state index in [9.17, 15) is 10.2 Å². The summed E-state index contributed by atoms with van der Waals surface area (Å²) < 4.78 is 0. The van der Waals surface area contributed by atoms with Crippen LogP contribution in [0.1, 0.15) is 34.5 Å². The molecule has 0 atom stereocenters. The summed E-state index contributed by atoms with van der Waals surface area (Å²) in [4.78, 5) is 0. The van der Waals surface area contributed by atoms with E-state index in [1.165, 1.54) is 0 Å². The third-order valence-corrected chi connectivity index (χ3v) is 5.60. The van der Waals surface area contributed by atoms with Gasteiger partial charge >= 0.3 is 0 Å². The van der Waals surface area contributed by atoms with Gasteiger partial charge in [-0.25, -0.2) is 0 Å². The van der Waals surface area contributed by atoms with Gasteiger partial charge in [-0.3, -0.25) is 0 Å². The highest BCUT2D eigenvalue weighted by Crippen LogP contribution is 2.43. The fourth-order valence-electron chi connectivity index (χ4n) is 4.26. The van der Waals surface area contributed by atoms with Crippen LogP contribution in [0.25, 0.3) is 22.3 Å². The molecule has 136 valence electrons. The molecule has 0 heterocycles. The minimum atomic E-state index is -0.760. The highest BCUT2D eigenvalue weighted by molar-refractivity contribution is 5.78. The summed E-state index contributed by atoms with van der Waals surface area (Å²) >= 11 is 0. The summed E-state index contributed by atoms with van der Waals surface area (Å²) in [6.07, 6.45) is -1.52. The lowest BCUT2D eigenvalue weighted by molar-refractivity contribution is 0.217. The molecular weight excluding hydrogens is 344 g/mol. The van der Waals surface area contributed by atoms with Gasteiger partial charge in [-0.2, -0.15) is 0 Å². The topological polar surface area (TPSA) is 40.5 Å². The van der Waals surface area contributed by atoms with Crippen molar-refractivity contribution in [2.24, 2.45) is 0 Å². The molecule has 0 amide bonds. The third-order valence-electron chi connectivity index (χ3n) is 5.60. The number of aliphatic hydroxyl groups excluding tert-OH is 2. The first-order valence-corrected chi connectivity index (χ1v) is 9.48. The first-order chi connectivity index (χ1) is 13.8. The normalized spacial score (nSPS) is 17.6. The average molecular weight is 364 g/mol. The molecule has 0 radical (unpaired) electrons. The van der Waals surface area contributed by atoms with E-state index in [1.54, 1.807) is 0 Å². The van der Waals surface area contributed by atoms with Crippen molar-refractivity contribution >= 4 is 0 Å². The van der Waals surface area contributed by atoms with E-state index < -0.39 is 12.2 Å². The molecular formula is C26H20O2. The Kier molecular flexibility index (Phi) is 4.09. The van der Waals surface area contributed by atoms with Crippen molar-refractivity contribution in [2.45, 2.75) is 12.2 Å². The Labute approximate surface area is 164 Å². The minimum Gasteiger partial charge on any atom is -0.384 e. The fraction of sp³-hybridized carbons (Fsp3) is 0.0769. The van der Waals surface area contributed by atoms with Gasteiger partial charge in [0.05, 0.1) is 0 Å². The fourth-order valence-corrected chi connectivity index (χ4v) is 4.26. The van der Waals surface area contributed by atoms with Crippen molar-refractivity contribution in [3.63, 3.8) is 0 Å². The van der Waals surface area contributed by atoms with Gasteiger partial charge in [-0.05, 0) is 44.5 Å². The van der Waals surface area contributed by atoms with Gasteiger partial charge in [0.1, 0.15) is 12.2 Å². The molecule has 2 heteroatoms. The summed E-state index contributed by atoms with van der Waals surface area (Å²) in [5.74, 6) is 0. The summed E-state index contributed by atoms with van der Waals surface area (Å²) in [7, 11) is 0. The number of hydrogen-bond donors (Lipinski definition) is 2. The van der Waals surface area contributed by atoms with E-state index in [0.29, 0.717) is 0 Å². The zero-order valence-electron chi connectivity index (χ0n) is 15.3. The van der Waals surface area contributed by atoms with Crippen LogP contribution in [0.5, 0.6) is 0 Å². The van der Waals surface area contributed by atoms with Crippen molar-refractivity contribution in [2.75, 3.05) is 0 Å². The van der Waals surface area contributed by atoms with Crippen LogP contribution in [0.3, 0.4) is 0 Å². The third kappa shape index (κ3) is 2.58. The molecule has 0 fully saturated rings. The number of benzene rings is 4. The van der Waals surface area contributed by atoms with Crippen LogP contribution in [0, 0.1) is 0 Å². The Morgan fingerprint density at radius 2 is 0.571 bits per heavy atom. The second-order valence-corrected chi connectivity index (χ2v) is 7.15. The maximum atomic E-state index is 11.4. The smallest absolute Gasteiger partial charge is 0.105 e. The van der Waals surface area contributed by atoms with Crippen LogP contribution in [0.2, 0.25) is 0 Å². The van der Waals surface area contributed by atoms with E-state index >= 15 is 0 Å². The molecule has 0 unspecified atom stereocenters. The SMILES string of the molecule is OC1c2ccccc2-c2ccccc2C(O)c2ccccc2-c2ccccc21. The lowest BCUT2D eigenvalue weighted by atomic mass is 9.82. The van der Waals surface area contributed by atoms with Crippen LogP contribution in [-0.2, 0) is 0 Å². The summed E-state index contributed by atoms with van der Waals surface area (Å²) in [5, 5.41) is 22.8. The molecule has 1 aliphatic rings. The monoisotopic (exact) mass is 364 g/mol. The zero-order valence-corrected chi connectivity index (χ0v) is 15.3. The molecule has 0 bridgehead atoms. The van der Waals surface area contributed by atoms with Crippen molar-refractivity contribution in [3.8, 4) is 22.3 Å². The highest BCUT2D eigenvalue weighted by atomic mass is 16.3. The molecule has 0 aliphatic heterocycles. The Morgan fingerprint density at radius 1 is 0.357 bits per heavy atom.